The van der Waals surface area contributed by atoms with Gasteiger partial charge in [-0.15, -0.1) is 0 Å². The predicted molar refractivity (Wildman–Crippen MR) is 236 cm³/mol. The summed E-state index contributed by atoms with van der Waals surface area (Å²) in [6, 6.07) is 10.7. The summed E-state index contributed by atoms with van der Waals surface area (Å²) in [5.74, 6) is 0.154. The van der Waals surface area contributed by atoms with Crippen molar-refractivity contribution >= 4 is 52.3 Å². The largest absolute Gasteiger partial charge is 0.490 e. The van der Waals surface area contributed by atoms with E-state index in [-0.39, 0.29) is 36.0 Å². The van der Waals surface area contributed by atoms with E-state index < -0.39 is 23.8 Å². The van der Waals surface area contributed by atoms with E-state index in [2.05, 4.69) is 62.9 Å². The number of aryl methyl sites for hydroxylation is 1. The molecular formula is C48H56ClN7O5. The Kier molecular flexibility index (Phi) is 11.1. The topological polar surface area (TPSA) is 119 Å². The van der Waals surface area contributed by atoms with Gasteiger partial charge in [-0.05, 0) is 141 Å². The number of halogens is 1. The molecule has 3 saturated heterocycles. The number of nitrogens with zero attached hydrogens (tertiary/aromatic N) is 6. The number of carbonyl (C=O) groups excluding carboxylic acids is 4. The first kappa shape index (κ1) is 41.3. The van der Waals surface area contributed by atoms with Gasteiger partial charge in [0.15, 0.2) is 0 Å². The lowest BCUT2D eigenvalue weighted by Gasteiger charge is -2.52. The molecule has 9 rings (SSSR count). The number of likely N-dealkylation sites (tertiary alicyclic amines) is 2. The number of ether oxygens (including phenoxy) is 1. The van der Waals surface area contributed by atoms with Crippen molar-refractivity contribution in [3.8, 4) is 5.75 Å². The van der Waals surface area contributed by atoms with Crippen LogP contribution in [0.2, 0.25) is 5.02 Å². The number of piperidine rings is 3. The fourth-order valence-electron chi connectivity index (χ4n) is 10.5. The lowest BCUT2D eigenvalue weighted by Crippen LogP contribution is -2.54. The molecule has 1 saturated carbocycles. The van der Waals surface area contributed by atoms with E-state index >= 15 is 0 Å². The summed E-state index contributed by atoms with van der Waals surface area (Å²) in [5, 5.41) is 3.07. The molecule has 0 bridgehead atoms. The van der Waals surface area contributed by atoms with Crippen molar-refractivity contribution in [2.75, 3.05) is 58.8 Å². The van der Waals surface area contributed by atoms with Crippen LogP contribution < -0.4 is 15.0 Å². The molecule has 12 nitrogen and oxygen atoms in total. The highest BCUT2D eigenvalue weighted by molar-refractivity contribution is 6.31. The molecule has 1 N–H and O–H groups in total. The third-order valence-electron chi connectivity index (χ3n) is 14.2. The molecule has 4 amide bonds. The molecule has 3 aromatic rings. The molecule has 1 aromatic heterocycles. The van der Waals surface area contributed by atoms with Crippen LogP contribution in [-0.2, 0) is 22.6 Å². The smallest absolute Gasteiger partial charge is 0.262 e. The Morgan fingerprint density at radius 3 is 2.36 bits per heavy atom. The van der Waals surface area contributed by atoms with Gasteiger partial charge in [0.2, 0.25) is 11.8 Å². The van der Waals surface area contributed by atoms with Crippen LogP contribution in [0.1, 0.15) is 107 Å². The molecule has 0 radical (unpaired) electrons. The van der Waals surface area contributed by atoms with Crippen molar-refractivity contribution in [2.45, 2.75) is 83.4 Å². The third-order valence-corrected chi connectivity index (χ3v) is 14.6. The van der Waals surface area contributed by atoms with Crippen LogP contribution in [0.5, 0.6) is 5.75 Å². The number of pyridine rings is 1. The summed E-state index contributed by atoms with van der Waals surface area (Å²) in [6.45, 7) is 12.9. The number of benzene rings is 2. The average Bonchev–Trinajstić information content (AvgIpc) is 3.48. The molecule has 5 aliphatic heterocycles. The van der Waals surface area contributed by atoms with Crippen molar-refractivity contribution in [3.05, 3.63) is 99.3 Å². The first-order valence-corrected chi connectivity index (χ1v) is 22.3. The molecule has 1 spiro atoms. The Morgan fingerprint density at radius 2 is 1.66 bits per heavy atom. The maximum Gasteiger partial charge on any atom is 0.262 e. The molecule has 4 fully saturated rings. The van der Waals surface area contributed by atoms with Gasteiger partial charge in [0, 0.05) is 74.9 Å². The molecule has 6 heterocycles. The van der Waals surface area contributed by atoms with Gasteiger partial charge >= 0.3 is 0 Å². The highest BCUT2D eigenvalue weighted by Crippen LogP contribution is 2.51. The highest BCUT2D eigenvalue weighted by Gasteiger charge is 2.48. The number of aromatic nitrogens is 1. The van der Waals surface area contributed by atoms with Crippen molar-refractivity contribution in [1.82, 2.24) is 29.9 Å². The standard InChI is InChI=1S/C48H56ClN7O5/c1-6-31-19-32(39-27-53(5)29(2)38-25-50-43(52(3)4)22-36(38)39)20-41(49)40(31)28-54-15-11-30(12-16-54)26-55-17-13-48(14-18-55)23-34(24-48)61-33-7-8-35-37(21-33)47(60)56(46(35)59)42-9-10-44(57)51-45(42)58/h7-8,19-22,25,27,30,34,42H,2,6,9-18,23-24,26,28H2,1,3-5H3,(H,51,57,58). The summed E-state index contributed by atoms with van der Waals surface area (Å²) < 4.78 is 6.35. The maximum absolute atomic E-state index is 13.3. The zero-order valence-corrected chi connectivity index (χ0v) is 36.5. The molecular weight excluding hydrogens is 790 g/mol. The van der Waals surface area contributed by atoms with Gasteiger partial charge < -0.3 is 19.4 Å². The Hall–Kier alpha value is -5.04. The minimum absolute atomic E-state index is 0.0717. The maximum atomic E-state index is 13.3. The zero-order valence-electron chi connectivity index (χ0n) is 35.8. The summed E-state index contributed by atoms with van der Waals surface area (Å²) in [7, 11) is 6.06. The van der Waals surface area contributed by atoms with E-state index in [1.165, 1.54) is 36.8 Å². The number of amides is 4. The Morgan fingerprint density at radius 1 is 0.918 bits per heavy atom. The van der Waals surface area contributed by atoms with E-state index in [1.807, 2.05) is 32.2 Å². The highest BCUT2D eigenvalue weighted by atomic mass is 35.5. The SMILES string of the molecule is C=C1c2cnc(N(C)C)cc2C(c2cc(Cl)c(CN3CCC(CN4CCC5(CC4)CC(Oc4ccc6c(c4)C(=O)N(C4CCC(=O)NC4=O)C6=O)C5)CC3)c(CC)c2)=CN1C. The summed E-state index contributed by atoms with van der Waals surface area (Å²) >= 11 is 7.18. The van der Waals surface area contributed by atoms with Gasteiger partial charge in [-0.25, -0.2) is 4.98 Å². The number of rotatable bonds is 10. The van der Waals surface area contributed by atoms with E-state index in [0.717, 1.165) is 102 Å². The average molecular weight is 846 g/mol. The van der Waals surface area contributed by atoms with Gasteiger partial charge in [-0.3, -0.25) is 34.3 Å². The first-order valence-electron chi connectivity index (χ1n) is 21.9. The number of carbonyl (C=O) groups is 4. The number of anilines is 1. The number of fused-ring (bicyclic) bond motifs is 2. The van der Waals surface area contributed by atoms with Gasteiger partial charge in [-0.1, -0.05) is 31.2 Å². The minimum Gasteiger partial charge on any atom is -0.490 e. The Balaban J connectivity index is 0.746. The monoisotopic (exact) mass is 845 g/mol. The first-order chi connectivity index (χ1) is 29.3. The predicted octanol–water partition coefficient (Wildman–Crippen LogP) is 6.61. The second-order valence-electron chi connectivity index (χ2n) is 18.4. The van der Waals surface area contributed by atoms with Crippen LogP contribution in [0.4, 0.5) is 5.82 Å². The lowest BCUT2D eigenvalue weighted by atomic mass is 9.61. The third kappa shape index (κ3) is 7.87. The van der Waals surface area contributed by atoms with Crippen molar-refractivity contribution in [1.29, 1.82) is 0 Å². The minimum atomic E-state index is -0.978. The second kappa shape index (κ2) is 16.3. The van der Waals surface area contributed by atoms with Crippen LogP contribution in [-0.4, -0.2) is 114 Å². The summed E-state index contributed by atoms with van der Waals surface area (Å²) in [6.07, 6.45) is 12.0. The number of nitrogens with one attached hydrogen (secondary N) is 1. The zero-order chi connectivity index (χ0) is 42.7. The van der Waals surface area contributed by atoms with Crippen LogP contribution >= 0.6 is 11.6 Å². The quantitative estimate of drug-likeness (QED) is 0.224. The molecule has 6 aliphatic rings. The molecule has 2 aromatic carbocycles. The van der Waals surface area contributed by atoms with Crippen LogP contribution in [0.15, 0.2) is 55.4 Å². The molecule has 1 aliphatic carbocycles. The number of hydrogen-bond donors (Lipinski definition) is 1. The fraction of sp³-hybridized carbons (Fsp3) is 0.479. The van der Waals surface area contributed by atoms with Gasteiger partial charge in [-0.2, -0.15) is 0 Å². The summed E-state index contributed by atoms with van der Waals surface area (Å²) in [4.78, 5) is 65.5. The molecule has 13 heteroatoms. The van der Waals surface area contributed by atoms with E-state index in [0.29, 0.717) is 17.1 Å². The van der Waals surface area contributed by atoms with E-state index in [9.17, 15) is 19.2 Å². The van der Waals surface area contributed by atoms with E-state index in [1.54, 1.807) is 18.2 Å². The Labute approximate surface area is 363 Å². The molecule has 1 atom stereocenters. The van der Waals surface area contributed by atoms with Crippen molar-refractivity contribution < 1.29 is 23.9 Å². The summed E-state index contributed by atoms with van der Waals surface area (Å²) in [5.41, 5.74) is 8.69. The molecule has 320 valence electrons. The van der Waals surface area contributed by atoms with Crippen LogP contribution in [0.25, 0.3) is 11.3 Å². The van der Waals surface area contributed by atoms with Gasteiger partial charge in [0.1, 0.15) is 17.6 Å². The fourth-order valence-corrected chi connectivity index (χ4v) is 10.8. The number of imide groups is 2. The van der Waals surface area contributed by atoms with Crippen LogP contribution in [0.3, 0.4) is 0 Å². The molecule has 61 heavy (non-hydrogen) atoms. The number of hydrogen-bond acceptors (Lipinski definition) is 10. The molecule has 1 unspecified atom stereocenters. The second-order valence-corrected chi connectivity index (χ2v) is 18.8. The Bertz CT molecular complexity index is 2340. The lowest BCUT2D eigenvalue weighted by molar-refractivity contribution is -0.136. The van der Waals surface area contributed by atoms with Crippen molar-refractivity contribution in [2.24, 2.45) is 11.3 Å². The van der Waals surface area contributed by atoms with Gasteiger partial charge in [0.05, 0.1) is 17.2 Å². The van der Waals surface area contributed by atoms with E-state index in [4.69, 9.17) is 16.3 Å². The van der Waals surface area contributed by atoms with Gasteiger partial charge in [0.25, 0.3) is 11.8 Å². The van der Waals surface area contributed by atoms with Crippen LogP contribution in [0, 0.1) is 11.3 Å². The van der Waals surface area contributed by atoms with Crippen molar-refractivity contribution in [3.63, 3.8) is 0 Å². The normalized spacial score (nSPS) is 22.3.